The molecular weight excluding hydrogens is 218 g/mol. The van der Waals surface area contributed by atoms with Crippen LogP contribution in [0.25, 0.3) is 0 Å². The van der Waals surface area contributed by atoms with E-state index in [0.717, 1.165) is 6.04 Å². The smallest absolute Gasteiger partial charge is 0.338 e. The van der Waals surface area contributed by atoms with Crippen LogP contribution in [0, 0.1) is 0 Å². The summed E-state index contributed by atoms with van der Waals surface area (Å²) in [6.07, 6.45) is 0. The van der Waals surface area contributed by atoms with E-state index in [1.165, 1.54) is 0 Å². The van der Waals surface area contributed by atoms with Crippen molar-refractivity contribution in [3.8, 4) is 0 Å². The average Bonchev–Trinajstić information content (AvgIpc) is 2.15. The maximum absolute atomic E-state index is 11.6. The van der Waals surface area contributed by atoms with E-state index in [9.17, 15) is 4.79 Å². The van der Waals surface area contributed by atoms with Crippen molar-refractivity contribution in [1.29, 1.82) is 0 Å². The Morgan fingerprint density at radius 2 is 2.06 bits per heavy atom. The molecule has 0 fully saturated rings. The highest BCUT2D eigenvalue weighted by atomic mass is 28.3. The molecule has 0 saturated heterocycles. The molecule has 1 aromatic carbocycles. The molecule has 1 aromatic rings. The van der Waals surface area contributed by atoms with Crippen LogP contribution >= 0.6 is 0 Å². The van der Waals surface area contributed by atoms with Gasteiger partial charge in [-0.25, -0.2) is 4.79 Å². The van der Waals surface area contributed by atoms with Crippen molar-refractivity contribution in [1.82, 2.24) is 0 Å². The minimum atomic E-state index is -1.14. The summed E-state index contributed by atoms with van der Waals surface area (Å²) >= 11 is 0. The third-order valence-corrected chi connectivity index (χ3v) is 3.91. The number of hydrogen-bond donors (Lipinski definition) is 1. The predicted molar refractivity (Wildman–Crippen MR) is 69.3 cm³/mol. The van der Waals surface area contributed by atoms with Crippen molar-refractivity contribution in [3.63, 3.8) is 0 Å². The molecule has 0 bridgehead atoms. The molecule has 0 saturated carbocycles. The highest BCUT2D eigenvalue weighted by molar-refractivity contribution is 6.76. The molecule has 4 heteroatoms. The molecule has 0 aliphatic rings. The monoisotopic (exact) mass is 237 g/mol. The summed E-state index contributed by atoms with van der Waals surface area (Å²) in [5.41, 5.74) is 6.70. The molecule has 0 aliphatic heterocycles. The van der Waals surface area contributed by atoms with E-state index in [1.54, 1.807) is 24.3 Å². The highest BCUT2D eigenvalue weighted by Gasteiger charge is 2.14. The van der Waals surface area contributed by atoms with Gasteiger partial charge in [-0.1, -0.05) is 25.7 Å². The Labute approximate surface area is 97.6 Å². The molecule has 88 valence electrons. The normalized spacial score (nSPS) is 11.2. The largest absolute Gasteiger partial charge is 0.462 e. The maximum Gasteiger partial charge on any atom is 0.338 e. The fraction of sp³-hybridized carbons (Fsp3) is 0.417. The minimum absolute atomic E-state index is 0.287. The SMILES string of the molecule is C[Si](C)(C)CCOC(=O)c1cccc(N)c1. The van der Waals surface area contributed by atoms with Gasteiger partial charge in [-0.3, -0.25) is 0 Å². The van der Waals surface area contributed by atoms with Gasteiger partial charge in [-0.15, -0.1) is 0 Å². The van der Waals surface area contributed by atoms with Gasteiger partial charge in [0.05, 0.1) is 12.2 Å². The molecule has 0 radical (unpaired) electrons. The molecule has 0 unspecified atom stereocenters. The molecule has 0 spiro atoms. The van der Waals surface area contributed by atoms with Crippen LogP contribution in [-0.4, -0.2) is 20.7 Å². The lowest BCUT2D eigenvalue weighted by Crippen LogP contribution is -2.22. The van der Waals surface area contributed by atoms with Gasteiger partial charge in [0.25, 0.3) is 0 Å². The lowest BCUT2D eigenvalue weighted by Gasteiger charge is -2.15. The first-order chi connectivity index (χ1) is 7.38. The van der Waals surface area contributed by atoms with E-state index in [2.05, 4.69) is 19.6 Å². The van der Waals surface area contributed by atoms with Gasteiger partial charge in [-0.2, -0.15) is 0 Å². The van der Waals surface area contributed by atoms with E-state index >= 15 is 0 Å². The van der Waals surface area contributed by atoms with Gasteiger partial charge in [0.15, 0.2) is 0 Å². The van der Waals surface area contributed by atoms with Crippen LogP contribution in [0.3, 0.4) is 0 Å². The average molecular weight is 237 g/mol. The van der Waals surface area contributed by atoms with Crippen LogP contribution in [0.4, 0.5) is 5.69 Å². The summed E-state index contributed by atoms with van der Waals surface area (Å²) in [6, 6.07) is 7.84. The van der Waals surface area contributed by atoms with Crippen LogP contribution < -0.4 is 5.73 Å². The Morgan fingerprint density at radius 3 is 2.62 bits per heavy atom. The second-order valence-corrected chi connectivity index (χ2v) is 10.7. The molecule has 0 atom stereocenters. The topological polar surface area (TPSA) is 52.3 Å². The number of carbonyl (C=O) groups excluding carboxylic acids is 1. The van der Waals surface area contributed by atoms with Gasteiger partial charge < -0.3 is 10.5 Å². The van der Waals surface area contributed by atoms with Crippen molar-refractivity contribution >= 4 is 19.7 Å². The van der Waals surface area contributed by atoms with Crippen molar-refractivity contribution in [2.75, 3.05) is 12.3 Å². The van der Waals surface area contributed by atoms with E-state index in [0.29, 0.717) is 17.9 Å². The van der Waals surface area contributed by atoms with E-state index in [-0.39, 0.29) is 5.97 Å². The van der Waals surface area contributed by atoms with Crippen LogP contribution in [0.5, 0.6) is 0 Å². The lowest BCUT2D eigenvalue weighted by molar-refractivity contribution is 0.0525. The molecule has 16 heavy (non-hydrogen) atoms. The molecule has 1 rings (SSSR count). The zero-order valence-corrected chi connectivity index (χ0v) is 11.1. The van der Waals surface area contributed by atoms with Gasteiger partial charge >= 0.3 is 5.97 Å². The molecule has 0 amide bonds. The number of rotatable bonds is 4. The first-order valence-corrected chi connectivity index (χ1v) is 9.12. The zero-order chi connectivity index (χ0) is 12.2. The van der Waals surface area contributed by atoms with Gasteiger partial charge in [0.2, 0.25) is 0 Å². The maximum atomic E-state index is 11.6. The Balaban J connectivity index is 2.47. The highest BCUT2D eigenvalue weighted by Crippen LogP contribution is 2.11. The lowest BCUT2D eigenvalue weighted by atomic mass is 10.2. The molecule has 0 aromatic heterocycles. The third-order valence-electron chi connectivity index (χ3n) is 2.21. The molecule has 0 heterocycles. The fourth-order valence-electron chi connectivity index (χ4n) is 1.20. The number of benzene rings is 1. The summed E-state index contributed by atoms with van der Waals surface area (Å²) in [5.74, 6) is -0.287. The Bertz CT molecular complexity index is 372. The van der Waals surface area contributed by atoms with Gasteiger partial charge in [0, 0.05) is 13.8 Å². The van der Waals surface area contributed by atoms with Crippen LogP contribution in [0.15, 0.2) is 24.3 Å². The summed E-state index contributed by atoms with van der Waals surface area (Å²) in [5, 5.41) is 0. The summed E-state index contributed by atoms with van der Waals surface area (Å²) < 4.78 is 5.20. The quantitative estimate of drug-likeness (QED) is 0.497. The summed E-state index contributed by atoms with van der Waals surface area (Å²) in [7, 11) is -1.14. The van der Waals surface area contributed by atoms with E-state index in [4.69, 9.17) is 10.5 Å². The third kappa shape index (κ3) is 4.48. The zero-order valence-electron chi connectivity index (χ0n) is 10.1. The Morgan fingerprint density at radius 1 is 1.38 bits per heavy atom. The summed E-state index contributed by atoms with van der Waals surface area (Å²) in [6.45, 7) is 7.26. The first kappa shape index (κ1) is 12.8. The number of carbonyl (C=O) groups is 1. The van der Waals surface area contributed by atoms with Crippen LogP contribution in [0.1, 0.15) is 10.4 Å². The molecule has 3 nitrogen and oxygen atoms in total. The van der Waals surface area contributed by atoms with Crippen LogP contribution in [-0.2, 0) is 4.74 Å². The summed E-state index contributed by atoms with van der Waals surface area (Å²) in [4.78, 5) is 11.6. The van der Waals surface area contributed by atoms with Crippen molar-refractivity contribution < 1.29 is 9.53 Å². The number of hydrogen-bond acceptors (Lipinski definition) is 3. The number of esters is 1. The van der Waals surface area contributed by atoms with Gasteiger partial charge in [0.1, 0.15) is 0 Å². The number of anilines is 1. The number of nitrogens with two attached hydrogens (primary N) is 1. The van der Waals surface area contributed by atoms with Crippen LogP contribution in [0.2, 0.25) is 25.7 Å². The number of nitrogen functional groups attached to an aromatic ring is 1. The van der Waals surface area contributed by atoms with Crippen molar-refractivity contribution in [2.45, 2.75) is 25.7 Å². The fourth-order valence-corrected chi connectivity index (χ4v) is 1.91. The standard InChI is InChI=1S/C12H19NO2Si/c1-16(2,3)8-7-15-12(14)10-5-4-6-11(13)9-10/h4-6,9H,7-8,13H2,1-3H3. The second kappa shape index (κ2) is 5.16. The van der Waals surface area contributed by atoms with Gasteiger partial charge in [-0.05, 0) is 24.2 Å². The Kier molecular flexibility index (Phi) is 4.12. The van der Waals surface area contributed by atoms with E-state index < -0.39 is 8.07 Å². The Hall–Kier alpha value is -1.29. The predicted octanol–water partition coefficient (Wildman–Crippen LogP) is 2.76. The minimum Gasteiger partial charge on any atom is -0.462 e. The first-order valence-electron chi connectivity index (χ1n) is 5.41. The molecule has 2 N–H and O–H groups in total. The second-order valence-electron chi connectivity index (χ2n) is 5.07. The number of ether oxygens (including phenoxy) is 1. The molecular formula is C12H19NO2Si. The van der Waals surface area contributed by atoms with Crippen molar-refractivity contribution in [3.05, 3.63) is 29.8 Å². The van der Waals surface area contributed by atoms with E-state index in [1.807, 2.05) is 0 Å². The molecule has 0 aliphatic carbocycles. The van der Waals surface area contributed by atoms with Crippen molar-refractivity contribution in [2.24, 2.45) is 0 Å².